The highest BCUT2D eigenvalue weighted by atomic mass is 16.6. The average molecular weight is 574 g/mol. The largest absolute Gasteiger partial charge is 0.460 e. The molecule has 3 amide bonds. The molecule has 4 heterocycles. The molecular formula is C31H47N3O7. The Morgan fingerprint density at radius 2 is 1.83 bits per heavy atom. The van der Waals surface area contributed by atoms with Gasteiger partial charge in [-0.05, 0) is 45.4 Å². The molecule has 2 saturated heterocycles. The minimum Gasteiger partial charge on any atom is -0.460 e. The maximum absolute atomic E-state index is 14.7. The lowest BCUT2D eigenvalue weighted by molar-refractivity contribution is -0.160. The first kappa shape index (κ1) is 31.2. The number of likely N-dealkylation sites (tertiary alicyclic amines) is 1. The van der Waals surface area contributed by atoms with E-state index in [0.29, 0.717) is 19.4 Å². The van der Waals surface area contributed by atoms with E-state index < -0.39 is 59.1 Å². The summed E-state index contributed by atoms with van der Waals surface area (Å²) in [4.78, 5) is 58.2. The van der Waals surface area contributed by atoms with Crippen LogP contribution in [0.4, 0.5) is 0 Å². The number of hydrogen-bond acceptors (Lipinski definition) is 7. The summed E-state index contributed by atoms with van der Waals surface area (Å²) in [5, 5.41) is 13.1. The van der Waals surface area contributed by atoms with Crippen LogP contribution >= 0.6 is 0 Å². The van der Waals surface area contributed by atoms with E-state index in [2.05, 4.69) is 26.1 Å². The topological polar surface area (TPSA) is 125 Å². The third kappa shape index (κ3) is 5.82. The van der Waals surface area contributed by atoms with Gasteiger partial charge in [-0.25, -0.2) is 0 Å². The van der Waals surface area contributed by atoms with Gasteiger partial charge in [-0.15, -0.1) is 0 Å². The van der Waals surface area contributed by atoms with Gasteiger partial charge >= 0.3 is 5.97 Å². The molecule has 10 nitrogen and oxygen atoms in total. The van der Waals surface area contributed by atoms with Gasteiger partial charge < -0.3 is 29.7 Å². The van der Waals surface area contributed by atoms with Gasteiger partial charge in [0.2, 0.25) is 17.7 Å². The monoisotopic (exact) mass is 573 g/mol. The lowest BCUT2D eigenvalue weighted by Crippen LogP contribution is -2.61. The molecule has 1 spiro atoms. The van der Waals surface area contributed by atoms with E-state index in [-0.39, 0.29) is 36.8 Å². The second-order valence-electron chi connectivity index (χ2n) is 13.8. The Morgan fingerprint density at radius 1 is 1.12 bits per heavy atom. The number of allylic oxidation sites excluding steroid dienone is 1. The standard InChI is InChI=1S/C31H47N3O7/c1-8-20(17-35)34-25-27(38)33(30(6,7)18-29(3,4)5)15-11-14-31(25)24(26(34)37)23-21(41-31)12-9-10-13-22(36)32-16-19(2)40-28(23)39/h9,11-12,14,19-21,23-25,35H,8,10,13,15-18H2,1-7H3,(H,32,36)/b12-9-/t19-,20-,21-,23+,24+,25-,31+/m0/s1. The second-order valence-corrected chi connectivity index (χ2v) is 13.8. The zero-order valence-electron chi connectivity index (χ0n) is 25.5. The van der Waals surface area contributed by atoms with Crippen molar-refractivity contribution in [2.75, 3.05) is 19.7 Å². The molecular weight excluding hydrogens is 526 g/mol. The Labute approximate surface area is 243 Å². The molecule has 2 fully saturated rings. The van der Waals surface area contributed by atoms with Crippen molar-refractivity contribution in [3.05, 3.63) is 24.3 Å². The maximum atomic E-state index is 14.7. The molecule has 4 rings (SSSR count). The minimum absolute atomic E-state index is 0.0620. The second kappa shape index (κ2) is 11.5. The first-order chi connectivity index (χ1) is 19.2. The van der Waals surface area contributed by atoms with Crippen LogP contribution in [0.5, 0.6) is 0 Å². The van der Waals surface area contributed by atoms with Crippen molar-refractivity contribution in [3.63, 3.8) is 0 Å². The summed E-state index contributed by atoms with van der Waals surface area (Å²) in [6.45, 7) is 14.2. The Kier molecular flexibility index (Phi) is 8.77. The molecule has 0 saturated carbocycles. The third-order valence-corrected chi connectivity index (χ3v) is 8.74. The number of aliphatic hydroxyl groups is 1. The van der Waals surface area contributed by atoms with E-state index in [4.69, 9.17) is 9.47 Å². The minimum atomic E-state index is -1.42. The number of nitrogens with one attached hydrogen (secondary N) is 1. The van der Waals surface area contributed by atoms with Crippen LogP contribution in [0, 0.1) is 17.3 Å². The number of amides is 3. The molecule has 4 aliphatic heterocycles. The molecule has 0 unspecified atom stereocenters. The van der Waals surface area contributed by atoms with Crippen molar-refractivity contribution >= 4 is 23.7 Å². The summed E-state index contributed by atoms with van der Waals surface area (Å²) in [5.41, 5.74) is -2.02. The molecule has 0 aromatic carbocycles. The van der Waals surface area contributed by atoms with Gasteiger partial charge in [-0.3, -0.25) is 19.2 Å². The number of hydrogen-bond donors (Lipinski definition) is 2. The lowest BCUT2D eigenvalue weighted by Gasteiger charge is -2.45. The van der Waals surface area contributed by atoms with Gasteiger partial charge in [0.1, 0.15) is 23.7 Å². The van der Waals surface area contributed by atoms with Crippen LogP contribution < -0.4 is 5.32 Å². The smallest absolute Gasteiger partial charge is 0.313 e. The summed E-state index contributed by atoms with van der Waals surface area (Å²) in [6, 6.07) is -1.67. The molecule has 228 valence electrons. The van der Waals surface area contributed by atoms with Crippen LogP contribution in [0.25, 0.3) is 0 Å². The number of ether oxygens (including phenoxy) is 2. The molecule has 7 atom stereocenters. The van der Waals surface area contributed by atoms with Crippen LogP contribution in [-0.4, -0.2) is 93.7 Å². The van der Waals surface area contributed by atoms with Crippen LogP contribution in [0.2, 0.25) is 0 Å². The van der Waals surface area contributed by atoms with E-state index in [1.165, 1.54) is 4.90 Å². The van der Waals surface area contributed by atoms with E-state index in [0.717, 1.165) is 6.42 Å². The fraction of sp³-hybridized carbons (Fsp3) is 0.742. The number of cyclic esters (lactones) is 1. The summed E-state index contributed by atoms with van der Waals surface area (Å²) in [6.07, 6.45) is 7.61. The predicted molar refractivity (Wildman–Crippen MR) is 152 cm³/mol. The highest BCUT2D eigenvalue weighted by Gasteiger charge is 2.72. The Bertz CT molecular complexity index is 1110. The first-order valence-electron chi connectivity index (χ1n) is 14.9. The summed E-state index contributed by atoms with van der Waals surface area (Å²) >= 11 is 0. The fourth-order valence-electron chi connectivity index (χ4n) is 7.35. The van der Waals surface area contributed by atoms with Gasteiger partial charge in [0.15, 0.2) is 0 Å². The molecule has 41 heavy (non-hydrogen) atoms. The number of fused-ring (bicyclic) bond motifs is 2. The SMILES string of the molecule is CC[C@@H](CO)N1C(=O)[C@H]2[C@@H]3C(=O)O[C@@H](C)CNC(=O)CC/C=C\[C@@H]3O[C@]23C=CCN(C(C)(C)CC(C)(C)C)C(=O)[C@H]13. The van der Waals surface area contributed by atoms with Gasteiger partial charge in [-0.2, -0.15) is 0 Å². The van der Waals surface area contributed by atoms with Gasteiger partial charge in [0, 0.05) is 18.5 Å². The Hall–Kier alpha value is -2.72. The van der Waals surface area contributed by atoms with Gasteiger partial charge in [0.25, 0.3) is 0 Å². The quantitative estimate of drug-likeness (QED) is 0.382. The fourth-order valence-corrected chi connectivity index (χ4v) is 7.35. The first-order valence-corrected chi connectivity index (χ1v) is 14.9. The molecule has 4 aliphatic rings. The van der Waals surface area contributed by atoms with E-state index in [9.17, 15) is 24.3 Å². The number of rotatable bonds is 5. The highest BCUT2D eigenvalue weighted by molar-refractivity contribution is 5.99. The lowest BCUT2D eigenvalue weighted by atomic mass is 9.77. The number of nitrogens with zero attached hydrogens (tertiary/aromatic N) is 2. The summed E-state index contributed by atoms with van der Waals surface area (Å²) < 4.78 is 12.5. The maximum Gasteiger partial charge on any atom is 0.313 e. The average Bonchev–Trinajstić information content (AvgIpc) is 3.25. The summed E-state index contributed by atoms with van der Waals surface area (Å²) in [5.74, 6) is -3.41. The van der Waals surface area contributed by atoms with Crippen LogP contribution in [0.3, 0.4) is 0 Å². The number of aliphatic hydroxyl groups excluding tert-OH is 1. The van der Waals surface area contributed by atoms with Crippen LogP contribution in [0.1, 0.15) is 74.1 Å². The van der Waals surface area contributed by atoms with Crippen molar-refractivity contribution in [1.82, 2.24) is 15.1 Å². The Balaban J connectivity index is 1.83. The van der Waals surface area contributed by atoms with Gasteiger partial charge in [-0.1, -0.05) is 52.0 Å². The molecule has 0 radical (unpaired) electrons. The number of esters is 1. The molecule has 2 N–H and O–H groups in total. The van der Waals surface area contributed by atoms with Crippen LogP contribution in [-0.2, 0) is 28.7 Å². The van der Waals surface area contributed by atoms with Crippen molar-refractivity contribution in [3.8, 4) is 0 Å². The number of carbonyl (C=O) groups excluding carboxylic acids is 4. The molecule has 10 heteroatoms. The zero-order valence-corrected chi connectivity index (χ0v) is 25.5. The zero-order chi connectivity index (χ0) is 30.3. The third-order valence-electron chi connectivity index (χ3n) is 8.74. The molecule has 0 bridgehead atoms. The summed E-state index contributed by atoms with van der Waals surface area (Å²) in [7, 11) is 0. The van der Waals surface area contributed by atoms with Crippen LogP contribution in [0.15, 0.2) is 24.3 Å². The predicted octanol–water partition coefficient (Wildman–Crippen LogP) is 2.35. The number of carbonyl (C=O) groups is 4. The molecule has 0 aromatic heterocycles. The van der Waals surface area contributed by atoms with Crippen molar-refractivity contribution < 1.29 is 33.8 Å². The van der Waals surface area contributed by atoms with Crippen molar-refractivity contribution in [2.45, 2.75) is 110 Å². The molecule has 0 aliphatic carbocycles. The van der Waals surface area contributed by atoms with E-state index in [1.807, 2.05) is 31.7 Å². The van der Waals surface area contributed by atoms with Crippen molar-refractivity contribution in [2.24, 2.45) is 17.3 Å². The van der Waals surface area contributed by atoms with Crippen molar-refractivity contribution in [1.29, 1.82) is 0 Å². The van der Waals surface area contributed by atoms with E-state index >= 15 is 0 Å². The van der Waals surface area contributed by atoms with Gasteiger partial charge in [0.05, 0.1) is 31.2 Å². The highest BCUT2D eigenvalue weighted by Crippen LogP contribution is 2.54. The normalized spacial score (nSPS) is 34.5. The Morgan fingerprint density at radius 3 is 2.46 bits per heavy atom. The molecule has 0 aromatic rings. The van der Waals surface area contributed by atoms with E-state index in [1.54, 1.807) is 25.2 Å².